The molecule has 1 heterocycles. The standard InChI is InChI=1S/C16H11BrN2O/c17-13-5-1-3-11(9-13)16(20)19-15-6-2-4-12-10-18-8-7-14(12)15/h1-10H,(H,19,20). The fourth-order valence-corrected chi connectivity index (χ4v) is 2.45. The van der Waals surface area contributed by atoms with E-state index in [2.05, 4.69) is 26.2 Å². The summed E-state index contributed by atoms with van der Waals surface area (Å²) in [5.41, 5.74) is 1.40. The molecule has 20 heavy (non-hydrogen) atoms. The van der Waals surface area contributed by atoms with Gasteiger partial charge < -0.3 is 5.32 Å². The summed E-state index contributed by atoms with van der Waals surface area (Å²) in [5, 5.41) is 4.92. The third-order valence-electron chi connectivity index (χ3n) is 3.02. The Hall–Kier alpha value is -2.20. The summed E-state index contributed by atoms with van der Waals surface area (Å²) in [7, 11) is 0. The number of benzene rings is 2. The SMILES string of the molecule is O=C(Nc1cccc2cnccc12)c1cccc(Br)c1. The van der Waals surface area contributed by atoms with Crippen LogP contribution >= 0.6 is 15.9 Å². The van der Waals surface area contributed by atoms with E-state index in [9.17, 15) is 4.79 Å². The number of amides is 1. The molecule has 3 aromatic rings. The molecule has 3 rings (SSSR count). The summed E-state index contributed by atoms with van der Waals surface area (Å²) in [4.78, 5) is 16.3. The number of fused-ring (bicyclic) bond motifs is 1. The molecule has 0 fully saturated rings. The molecule has 0 aliphatic rings. The molecule has 1 N–H and O–H groups in total. The molecule has 98 valence electrons. The second-order valence-corrected chi connectivity index (χ2v) is 5.28. The third kappa shape index (κ3) is 2.56. The topological polar surface area (TPSA) is 42.0 Å². The van der Waals surface area contributed by atoms with E-state index in [0.29, 0.717) is 5.56 Å². The first-order valence-electron chi connectivity index (χ1n) is 6.14. The van der Waals surface area contributed by atoms with Crippen molar-refractivity contribution in [2.45, 2.75) is 0 Å². The lowest BCUT2D eigenvalue weighted by Gasteiger charge is -2.08. The minimum absolute atomic E-state index is 0.129. The molecule has 0 unspecified atom stereocenters. The number of carbonyl (C=O) groups is 1. The van der Waals surface area contributed by atoms with Crippen LogP contribution in [-0.2, 0) is 0 Å². The Labute approximate surface area is 124 Å². The molecule has 2 aromatic carbocycles. The van der Waals surface area contributed by atoms with Gasteiger partial charge in [0.25, 0.3) is 5.91 Å². The molecule has 0 aliphatic carbocycles. The van der Waals surface area contributed by atoms with Gasteiger partial charge in [0.15, 0.2) is 0 Å². The number of rotatable bonds is 2. The van der Waals surface area contributed by atoms with Crippen LogP contribution in [0.1, 0.15) is 10.4 Å². The Balaban J connectivity index is 1.95. The van der Waals surface area contributed by atoms with Gasteiger partial charge in [-0.05, 0) is 30.3 Å². The molecule has 1 amide bonds. The van der Waals surface area contributed by atoms with Crippen molar-refractivity contribution in [3.63, 3.8) is 0 Å². The van der Waals surface area contributed by atoms with Crippen LogP contribution in [0.2, 0.25) is 0 Å². The summed E-state index contributed by atoms with van der Waals surface area (Å²) >= 11 is 3.37. The van der Waals surface area contributed by atoms with Crippen molar-refractivity contribution in [2.24, 2.45) is 0 Å². The van der Waals surface area contributed by atoms with Crippen LogP contribution in [0.4, 0.5) is 5.69 Å². The molecular formula is C16H11BrN2O. The van der Waals surface area contributed by atoms with Crippen LogP contribution in [0, 0.1) is 0 Å². The van der Waals surface area contributed by atoms with Gasteiger partial charge in [-0.2, -0.15) is 0 Å². The van der Waals surface area contributed by atoms with Crippen molar-refractivity contribution in [1.82, 2.24) is 4.98 Å². The van der Waals surface area contributed by atoms with Gasteiger partial charge in [0, 0.05) is 38.9 Å². The number of halogens is 1. The molecule has 0 bridgehead atoms. The number of nitrogens with zero attached hydrogens (tertiary/aromatic N) is 1. The maximum absolute atomic E-state index is 12.3. The average molecular weight is 327 g/mol. The molecule has 1 aromatic heterocycles. The lowest BCUT2D eigenvalue weighted by atomic mass is 10.1. The number of aromatic nitrogens is 1. The summed E-state index contributed by atoms with van der Waals surface area (Å²) in [6.45, 7) is 0. The van der Waals surface area contributed by atoms with E-state index < -0.39 is 0 Å². The van der Waals surface area contributed by atoms with E-state index in [1.54, 1.807) is 24.5 Å². The molecule has 0 radical (unpaired) electrons. The summed E-state index contributed by atoms with van der Waals surface area (Å²) in [6.07, 6.45) is 3.50. The highest BCUT2D eigenvalue weighted by Crippen LogP contribution is 2.23. The quantitative estimate of drug-likeness (QED) is 0.764. The second-order valence-electron chi connectivity index (χ2n) is 4.37. The van der Waals surface area contributed by atoms with Gasteiger partial charge in [-0.25, -0.2) is 0 Å². The van der Waals surface area contributed by atoms with Gasteiger partial charge in [-0.3, -0.25) is 9.78 Å². The maximum Gasteiger partial charge on any atom is 0.255 e. The Morgan fingerprint density at radius 1 is 1.10 bits per heavy atom. The van der Waals surface area contributed by atoms with Gasteiger partial charge in [-0.15, -0.1) is 0 Å². The van der Waals surface area contributed by atoms with Crippen LogP contribution in [0.5, 0.6) is 0 Å². The predicted molar refractivity (Wildman–Crippen MR) is 83.8 cm³/mol. The molecule has 0 spiro atoms. The lowest BCUT2D eigenvalue weighted by molar-refractivity contribution is 0.102. The highest BCUT2D eigenvalue weighted by atomic mass is 79.9. The van der Waals surface area contributed by atoms with Gasteiger partial charge >= 0.3 is 0 Å². The van der Waals surface area contributed by atoms with Gasteiger partial charge in [0.05, 0.1) is 0 Å². The number of anilines is 1. The van der Waals surface area contributed by atoms with Gasteiger partial charge in [0.2, 0.25) is 0 Å². The number of carbonyl (C=O) groups excluding carboxylic acids is 1. The zero-order valence-corrected chi connectivity index (χ0v) is 12.1. The zero-order valence-electron chi connectivity index (χ0n) is 10.5. The van der Waals surface area contributed by atoms with Crippen molar-refractivity contribution >= 4 is 38.3 Å². The van der Waals surface area contributed by atoms with E-state index in [-0.39, 0.29) is 5.91 Å². The van der Waals surface area contributed by atoms with Crippen LogP contribution in [0.15, 0.2) is 65.4 Å². The largest absolute Gasteiger partial charge is 0.321 e. The van der Waals surface area contributed by atoms with E-state index in [4.69, 9.17) is 0 Å². The van der Waals surface area contributed by atoms with E-state index in [1.807, 2.05) is 36.4 Å². The van der Waals surface area contributed by atoms with Crippen LogP contribution in [0.25, 0.3) is 10.8 Å². The fraction of sp³-hybridized carbons (Fsp3) is 0. The van der Waals surface area contributed by atoms with Crippen molar-refractivity contribution in [1.29, 1.82) is 0 Å². The fourth-order valence-electron chi connectivity index (χ4n) is 2.06. The van der Waals surface area contributed by atoms with Gasteiger partial charge in [0.1, 0.15) is 0 Å². The predicted octanol–water partition coefficient (Wildman–Crippen LogP) is 4.25. The molecule has 3 nitrogen and oxygen atoms in total. The minimum atomic E-state index is -0.129. The number of pyridine rings is 1. The lowest BCUT2D eigenvalue weighted by Crippen LogP contribution is -2.12. The van der Waals surface area contributed by atoms with Crippen LogP contribution in [-0.4, -0.2) is 10.9 Å². The van der Waals surface area contributed by atoms with Crippen molar-refractivity contribution in [3.8, 4) is 0 Å². The first-order chi connectivity index (χ1) is 9.74. The molecule has 0 aliphatic heterocycles. The Kier molecular flexibility index (Phi) is 3.48. The number of nitrogens with one attached hydrogen (secondary N) is 1. The summed E-state index contributed by atoms with van der Waals surface area (Å²) in [5.74, 6) is -0.129. The molecule has 0 atom stereocenters. The summed E-state index contributed by atoms with van der Waals surface area (Å²) in [6, 6.07) is 15.0. The monoisotopic (exact) mass is 326 g/mol. The van der Waals surface area contributed by atoms with E-state index in [1.165, 1.54) is 0 Å². The molecule has 0 saturated heterocycles. The van der Waals surface area contributed by atoms with Crippen LogP contribution < -0.4 is 5.32 Å². The first-order valence-corrected chi connectivity index (χ1v) is 6.93. The smallest absolute Gasteiger partial charge is 0.255 e. The highest BCUT2D eigenvalue weighted by molar-refractivity contribution is 9.10. The molecule has 4 heteroatoms. The Morgan fingerprint density at radius 2 is 1.95 bits per heavy atom. The number of hydrogen-bond donors (Lipinski definition) is 1. The highest BCUT2D eigenvalue weighted by Gasteiger charge is 2.08. The Bertz CT molecular complexity index is 781. The normalized spacial score (nSPS) is 10.4. The zero-order chi connectivity index (χ0) is 13.9. The molecule has 0 saturated carbocycles. The molecular weight excluding hydrogens is 316 g/mol. The van der Waals surface area contributed by atoms with Gasteiger partial charge in [-0.1, -0.05) is 34.1 Å². The maximum atomic E-state index is 12.3. The van der Waals surface area contributed by atoms with Crippen molar-refractivity contribution in [3.05, 3.63) is 71.0 Å². The average Bonchev–Trinajstić information content (AvgIpc) is 2.47. The van der Waals surface area contributed by atoms with E-state index >= 15 is 0 Å². The van der Waals surface area contributed by atoms with E-state index in [0.717, 1.165) is 20.9 Å². The number of hydrogen-bond acceptors (Lipinski definition) is 2. The second kappa shape index (κ2) is 5.43. The minimum Gasteiger partial charge on any atom is -0.321 e. The van der Waals surface area contributed by atoms with Crippen molar-refractivity contribution in [2.75, 3.05) is 5.32 Å². The van der Waals surface area contributed by atoms with Crippen LogP contribution in [0.3, 0.4) is 0 Å². The first kappa shape index (κ1) is 12.8. The summed E-state index contributed by atoms with van der Waals surface area (Å²) < 4.78 is 0.882. The third-order valence-corrected chi connectivity index (χ3v) is 3.51. The van der Waals surface area contributed by atoms with Crippen molar-refractivity contribution < 1.29 is 4.79 Å². The Morgan fingerprint density at radius 3 is 2.80 bits per heavy atom.